The Balaban J connectivity index is 2.12. The van der Waals surface area contributed by atoms with Crippen LogP contribution in [0.4, 0.5) is 0 Å². The molecule has 0 aliphatic carbocycles. The average molecular weight is 242 g/mol. The Labute approximate surface area is 108 Å². The summed E-state index contributed by atoms with van der Waals surface area (Å²) < 4.78 is 0. The summed E-state index contributed by atoms with van der Waals surface area (Å²) in [5.74, 6) is 1.21. The Bertz CT molecular complexity index is 462. The monoisotopic (exact) mass is 242 g/mol. The van der Waals surface area contributed by atoms with Gasteiger partial charge >= 0.3 is 0 Å². The zero-order valence-corrected chi connectivity index (χ0v) is 10.9. The van der Waals surface area contributed by atoms with E-state index in [0.29, 0.717) is 23.0 Å². The summed E-state index contributed by atoms with van der Waals surface area (Å²) in [5.41, 5.74) is 1.27. The van der Waals surface area contributed by atoms with Crippen LogP contribution in [0, 0.1) is 23.2 Å². The number of nitriles is 1. The molecule has 2 rings (SSSR count). The molecule has 2 atom stereocenters. The van der Waals surface area contributed by atoms with Crippen LogP contribution < -0.4 is 0 Å². The SMILES string of the molecule is C[C@@H]1C[C@H](C)CN(C(=O)c2ccc(C#N)cc2)C1. The number of amides is 1. The summed E-state index contributed by atoms with van der Waals surface area (Å²) in [5, 5.41) is 8.74. The Morgan fingerprint density at radius 3 is 2.28 bits per heavy atom. The molecule has 1 saturated heterocycles. The van der Waals surface area contributed by atoms with Gasteiger partial charge in [-0.25, -0.2) is 0 Å². The largest absolute Gasteiger partial charge is 0.338 e. The number of benzene rings is 1. The van der Waals surface area contributed by atoms with Gasteiger partial charge in [0.2, 0.25) is 0 Å². The van der Waals surface area contributed by atoms with Gasteiger partial charge in [0.05, 0.1) is 11.6 Å². The molecule has 1 aromatic rings. The van der Waals surface area contributed by atoms with E-state index in [0.717, 1.165) is 13.1 Å². The average Bonchev–Trinajstić information content (AvgIpc) is 2.37. The lowest BCUT2D eigenvalue weighted by Crippen LogP contribution is -2.42. The molecule has 18 heavy (non-hydrogen) atoms. The lowest BCUT2D eigenvalue weighted by molar-refractivity contribution is 0.0623. The molecule has 0 radical (unpaired) electrons. The number of carbonyl (C=O) groups excluding carboxylic acids is 1. The highest BCUT2D eigenvalue weighted by molar-refractivity contribution is 5.94. The third kappa shape index (κ3) is 2.70. The highest BCUT2D eigenvalue weighted by Gasteiger charge is 2.25. The van der Waals surface area contributed by atoms with Gasteiger partial charge in [-0.05, 0) is 42.5 Å². The van der Waals surface area contributed by atoms with E-state index in [1.54, 1.807) is 24.3 Å². The first-order valence-corrected chi connectivity index (χ1v) is 6.39. The summed E-state index contributed by atoms with van der Waals surface area (Å²) in [4.78, 5) is 14.3. The first-order valence-electron chi connectivity index (χ1n) is 6.39. The van der Waals surface area contributed by atoms with Crippen LogP contribution >= 0.6 is 0 Å². The number of carbonyl (C=O) groups is 1. The Morgan fingerprint density at radius 1 is 1.22 bits per heavy atom. The molecule has 0 bridgehead atoms. The molecule has 1 fully saturated rings. The molecule has 0 unspecified atom stereocenters. The molecule has 1 amide bonds. The first kappa shape index (κ1) is 12.6. The smallest absolute Gasteiger partial charge is 0.253 e. The van der Waals surface area contributed by atoms with Gasteiger partial charge in [0.15, 0.2) is 0 Å². The van der Waals surface area contributed by atoms with Crippen LogP contribution in [0.25, 0.3) is 0 Å². The van der Waals surface area contributed by atoms with E-state index in [-0.39, 0.29) is 5.91 Å². The molecule has 0 aromatic heterocycles. The van der Waals surface area contributed by atoms with E-state index in [4.69, 9.17) is 5.26 Å². The van der Waals surface area contributed by atoms with Gasteiger partial charge < -0.3 is 4.90 Å². The standard InChI is InChI=1S/C15H18N2O/c1-11-7-12(2)10-17(9-11)15(18)14-5-3-13(8-16)4-6-14/h3-6,11-12H,7,9-10H2,1-2H3/t11-,12+. The van der Waals surface area contributed by atoms with Crippen molar-refractivity contribution in [3.63, 3.8) is 0 Å². The Kier molecular flexibility index (Phi) is 3.66. The minimum atomic E-state index is 0.0814. The molecule has 0 saturated carbocycles. The van der Waals surface area contributed by atoms with Crippen molar-refractivity contribution in [1.82, 2.24) is 4.90 Å². The van der Waals surface area contributed by atoms with Gasteiger partial charge in [-0.1, -0.05) is 13.8 Å². The summed E-state index contributed by atoms with van der Waals surface area (Å²) in [6.07, 6.45) is 1.19. The minimum absolute atomic E-state index is 0.0814. The number of piperidine rings is 1. The fraction of sp³-hybridized carbons (Fsp3) is 0.467. The molecular weight excluding hydrogens is 224 g/mol. The zero-order valence-electron chi connectivity index (χ0n) is 10.9. The topological polar surface area (TPSA) is 44.1 Å². The van der Waals surface area contributed by atoms with Crippen molar-refractivity contribution in [2.24, 2.45) is 11.8 Å². The zero-order chi connectivity index (χ0) is 13.1. The lowest BCUT2D eigenvalue weighted by Gasteiger charge is -2.35. The minimum Gasteiger partial charge on any atom is -0.338 e. The van der Waals surface area contributed by atoms with Crippen LogP contribution in [0.15, 0.2) is 24.3 Å². The molecule has 1 aromatic carbocycles. The fourth-order valence-corrected chi connectivity index (χ4v) is 2.70. The maximum atomic E-state index is 12.3. The van der Waals surface area contributed by atoms with Crippen molar-refractivity contribution in [2.45, 2.75) is 20.3 Å². The van der Waals surface area contributed by atoms with Crippen molar-refractivity contribution >= 4 is 5.91 Å². The van der Waals surface area contributed by atoms with Crippen LogP contribution in [0.2, 0.25) is 0 Å². The second-order valence-electron chi connectivity index (χ2n) is 5.35. The molecule has 1 aliphatic heterocycles. The second-order valence-corrected chi connectivity index (χ2v) is 5.35. The molecule has 3 nitrogen and oxygen atoms in total. The number of hydrogen-bond donors (Lipinski definition) is 0. The highest BCUT2D eigenvalue weighted by atomic mass is 16.2. The Hall–Kier alpha value is -1.82. The first-order chi connectivity index (χ1) is 8.60. The van der Waals surface area contributed by atoms with E-state index in [1.165, 1.54) is 6.42 Å². The van der Waals surface area contributed by atoms with E-state index in [9.17, 15) is 4.79 Å². The van der Waals surface area contributed by atoms with Crippen LogP contribution in [0.5, 0.6) is 0 Å². The number of nitrogens with zero attached hydrogens (tertiary/aromatic N) is 2. The number of likely N-dealkylation sites (tertiary alicyclic amines) is 1. The van der Waals surface area contributed by atoms with Gasteiger partial charge in [0.25, 0.3) is 5.91 Å². The fourth-order valence-electron chi connectivity index (χ4n) is 2.70. The molecule has 94 valence electrons. The quantitative estimate of drug-likeness (QED) is 0.760. The van der Waals surface area contributed by atoms with E-state index >= 15 is 0 Å². The number of hydrogen-bond acceptors (Lipinski definition) is 2. The van der Waals surface area contributed by atoms with Crippen molar-refractivity contribution < 1.29 is 4.79 Å². The third-order valence-electron chi connectivity index (χ3n) is 3.42. The van der Waals surface area contributed by atoms with Crippen molar-refractivity contribution in [2.75, 3.05) is 13.1 Å². The van der Waals surface area contributed by atoms with Gasteiger partial charge in [0, 0.05) is 18.7 Å². The summed E-state index contributed by atoms with van der Waals surface area (Å²) in [7, 11) is 0. The van der Waals surface area contributed by atoms with Crippen molar-refractivity contribution in [1.29, 1.82) is 5.26 Å². The van der Waals surface area contributed by atoms with Gasteiger partial charge in [-0.3, -0.25) is 4.79 Å². The van der Waals surface area contributed by atoms with Gasteiger partial charge in [-0.2, -0.15) is 5.26 Å². The second kappa shape index (κ2) is 5.22. The molecule has 0 N–H and O–H groups in total. The number of rotatable bonds is 1. The van der Waals surface area contributed by atoms with Crippen LogP contribution in [-0.2, 0) is 0 Å². The van der Waals surface area contributed by atoms with Crippen LogP contribution in [-0.4, -0.2) is 23.9 Å². The molecule has 0 spiro atoms. The molecular formula is C15H18N2O. The maximum absolute atomic E-state index is 12.3. The van der Waals surface area contributed by atoms with Crippen molar-refractivity contribution in [3.05, 3.63) is 35.4 Å². The van der Waals surface area contributed by atoms with E-state index in [2.05, 4.69) is 19.9 Å². The Morgan fingerprint density at radius 2 is 1.78 bits per heavy atom. The van der Waals surface area contributed by atoms with E-state index in [1.807, 2.05) is 4.90 Å². The normalized spacial score (nSPS) is 23.5. The highest BCUT2D eigenvalue weighted by Crippen LogP contribution is 2.22. The molecule has 1 aliphatic rings. The lowest BCUT2D eigenvalue weighted by atomic mass is 9.91. The van der Waals surface area contributed by atoms with Crippen LogP contribution in [0.1, 0.15) is 36.2 Å². The summed E-state index contributed by atoms with van der Waals surface area (Å²) in [6.45, 7) is 6.05. The van der Waals surface area contributed by atoms with Gasteiger partial charge in [0.1, 0.15) is 0 Å². The summed E-state index contributed by atoms with van der Waals surface area (Å²) >= 11 is 0. The third-order valence-corrected chi connectivity index (χ3v) is 3.42. The van der Waals surface area contributed by atoms with Crippen LogP contribution in [0.3, 0.4) is 0 Å². The molecule has 1 heterocycles. The van der Waals surface area contributed by atoms with Gasteiger partial charge in [-0.15, -0.1) is 0 Å². The maximum Gasteiger partial charge on any atom is 0.253 e. The predicted octanol–water partition coefficient (Wildman–Crippen LogP) is 2.68. The van der Waals surface area contributed by atoms with E-state index < -0.39 is 0 Å². The van der Waals surface area contributed by atoms with Crippen molar-refractivity contribution in [3.8, 4) is 6.07 Å². The molecule has 3 heteroatoms. The predicted molar refractivity (Wildman–Crippen MR) is 70.0 cm³/mol. The summed E-state index contributed by atoms with van der Waals surface area (Å²) in [6, 6.07) is 8.94.